The van der Waals surface area contributed by atoms with Crippen molar-refractivity contribution in [2.24, 2.45) is 0 Å². The highest BCUT2D eigenvalue weighted by molar-refractivity contribution is 7.09. The average molecular weight is 197 g/mol. The molecule has 0 unspecified atom stereocenters. The lowest BCUT2D eigenvalue weighted by Crippen LogP contribution is -2.30. The molecule has 0 saturated heterocycles. The second-order valence-corrected chi connectivity index (χ2v) is 4.49. The molecular formula is C10H15NOS. The minimum absolute atomic E-state index is 0.0492. The molecule has 1 aliphatic carbocycles. The Morgan fingerprint density at radius 2 is 2.15 bits per heavy atom. The predicted molar refractivity (Wildman–Crippen MR) is 53.9 cm³/mol. The Kier molecular flexibility index (Phi) is 2.65. The molecule has 1 aromatic rings. The summed E-state index contributed by atoms with van der Waals surface area (Å²) in [4.78, 5) is 4.38. The fourth-order valence-electron chi connectivity index (χ4n) is 2.08. The van der Waals surface area contributed by atoms with Crippen LogP contribution in [0.4, 0.5) is 0 Å². The van der Waals surface area contributed by atoms with E-state index in [9.17, 15) is 0 Å². The SMILES string of the molecule is COC1(c2nccs2)CCCCC1. The average Bonchev–Trinajstić information content (AvgIpc) is 2.72. The van der Waals surface area contributed by atoms with E-state index in [0.29, 0.717) is 0 Å². The standard InChI is InChI=1S/C10H15NOS/c1-12-10(5-3-2-4-6-10)9-11-7-8-13-9/h7-8H,2-6H2,1H3. The van der Waals surface area contributed by atoms with Gasteiger partial charge in [-0.3, -0.25) is 0 Å². The van der Waals surface area contributed by atoms with Crippen molar-refractivity contribution in [3.8, 4) is 0 Å². The van der Waals surface area contributed by atoms with E-state index >= 15 is 0 Å². The predicted octanol–water partition coefficient (Wildman–Crippen LogP) is 2.95. The lowest BCUT2D eigenvalue weighted by Gasteiger charge is -2.33. The van der Waals surface area contributed by atoms with Gasteiger partial charge in [-0.2, -0.15) is 0 Å². The fraction of sp³-hybridized carbons (Fsp3) is 0.700. The molecule has 2 rings (SSSR count). The molecule has 1 heterocycles. The van der Waals surface area contributed by atoms with Gasteiger partial charge < -0.3 is 4.74 Å². The van der Waals surface area contributed by atoms with Crippen molar-refractivity contribution in [3.05, 3.63) is 16.6 Å². The number of hydrogen-bond acceptors (Lipinski definition) is 3. The first kappa shape index (κ1) is 9.16. The number of hydrogen-bond donors (Lipinski definition) is 0. The molecule has 1 aromatic heterocycles. The minimum atomic E-state index is -0.0492. The number of methoxy groups -OCH3 is 1. The maximum Gasteiger partial charge on any atom is 0.125 e. The molecule has 0 atom stereocenters. The molecular weight excluding hydrogens is 182 g/mol. The Labute approximate surface area is 83.0 Å². The van der Waals surface area contributed by atoms with Gasteiger partial charge >= 0.3 is 0 Å². The topological polar surface area (TPSA) is 22.1 Å². The molecule has 0 aliphatic heterocycles. The summed E-state index contributed by atoms with van der Waals surface area (Å²) in [5.74, 6) is 0. The zero-order chi connectivity index (χ0) is 9.15. The van der Waals surface area contributed by atoms with Gasteiger partial charge in [-0.1, -0.05) is 19.3 Å². The Hall–Kier alpha value is -0.410. The molecule has 3 heteroatoms. The van der Waals surface area contributed by atoms with Gasteiger partial charge in [-0.05, 0) is 12.8 Å². The van der Waals surface area contributed by atoms with E-state index in [2.05, 4.69) is 4.98 Å². The van der Waals surface area contributed by atoms with Crippen LogP contribution in [-0.4, -0.2) is 12.1 Å². The van der Waals surface area contributed by atoms with Crippen molar-refractivity contribution in [1.82, 2.24) is 4.98 Å². The first-order valence-electron chi connectivity index (χ1n) is 4.82. The van der Waals surface area contributed by atoms with Crippen LogP contribution in [0.3, 0.4) is 0 Å². The van der Waals surface area contributed by atoms with E-state index < -0.39 is 0 Å². The quantitative estimate of drug-likeness (QED) is 0.727. The summed E-state index contributed by atoms with van der Waals surface area (Å²) in [6.07, 6.45) is 8.03. The molecule has 72 valence electrons. The highest BCUT2D eigenvalue weighted by Crippen LogP contribution is 2.40. The molecule has 0 radical (unpaired) electrons. The van der Waals surface area contributed by atoms with E-state index in [1.165, 1.54) is 19.3 Å². The van der Waals surface area contributed by atoms with Crippen LogP contribution in [-0.2, 0) is 10.3 Å². The van der Waals surface area contributed by atoms with Gasteiger partial charge in [-0.25, -0.2) is 4.98 Å². The van der Waals surface area contributed by atoms with Gasteiger partial charge in [0.15, 0.2) is 0 Å². The first-order chi connectivity index (χ1) is 6.37. The van der Waals surface area contributed by atoms with Crippen molar-refractivity contribution in [3.63, 3.8) is 0 Å². The summed E-state index contributed by atoms with van der Waals surface area (Å²) in [6, 6.07) is 0. The first-order valence-corrected chi connectivity index (χ1v) is 5.70. The third kappa shape index (κ3) is 1.63. The van der Waals surface area contributed by atoms with Gasteiger partial charge in [0.1, 0.15) is 10.6 Å². The van der Waals surface area contributed by atoms with Crippen molar-refractivity contribution in [1.29, 1.82) is 0 Å². The number of nitrogens with zero attached hydrogens (tertiary/aromatic N) is 1. The minimum Gasteiger partial charge on any atom is -0.371 e. The molecule has 0 aromatic carbocycles. The molecule has 0 bridgehead atoms. The van der Waals surface area contributed by atoms with Crippen LogP contribution in [0.1, 0.15) is 37.1 Å². The van der Waals surface area contributed by atoms with Crippen LogP contribution < -0.4 is 0 Å². The van der Waals surface area contributed by atoms with Gasteiger partial charge in [0, 0.05) is 18.7 Å². The van der Waals surface area contributed by atoms with Crippen molar-refractivity contribution >= 4 is 11.3 Å². The van der Waals surface area contributed by atoms with Crippen molar-refractivity contribution in [2.45, 2.75) is 37.7 Å². The van der Waals surface area contributed by atoms with Crippen LogP contribution in [0.5, 0.6) is 0 Å². The number of aromatic nitrogens is 1. The Balaban J connectivity index is 2.23. The Morgan fingerprint density at radius 1 is 1.38 bits per heavy atom. The highest BCUT2D eigenvalue weighted by Gasteiger charge is 2.35. The lowest BCUT2D eigenvalue weighted by atomic mass is 9.85. The van der Waals surface area contributed by atoms with E-state index in [4.69, 9.17) is 4.74 Å². The number of rotatable bonds is 2. The molecule has 0 spiro atoms. The smallest absolute Gasteiger partial charge is 0.125 e. The monoisotopic (exact) mass is 197 g/mol. The second kappa shape index (κ2) is 3.76. The second-order valence-electron chi connectivity index (χ2n) is 3.60. The third-order valence-electron chi connectivity index (χ3n) is 2.87. The van der Waals surface area contributed by atoms with Crippen LogP contribution in [0.15, 0.2) is 11.6 Å². The largest absolute Gasteiger partial charge is 0.371 e. The maximum absolute atomic E-state index is 5.67. The number of ether oxygens (including phenoxy) is 1. The molecule has 1 aliphatic rings. The molecule has 1 fully saturated rings. The van der Waals surface area contributed by atoms with Crippen LogP contribution in [0, 0.1) is 0 Å². The Bertz CT molecular complexity index is 252. The van der Waals surface area contributed by atoms with E-state index in [1.807, 2.05) is 18.7 Å². The molecule has 1 saturated carbocycles. The zero-order valence-electron chi connectivity index (χ0n) is 7.95. The fourth-order valence-corrected chi connectivity index (χ4v) is 2.95. The lowest BCUT2D eigenvalue weighted by molar-refractivity contribution is -0.0446. The van der Waals surface area contributed by atoms with Gasteiger partial charge in [0.05, 0.1) is 0 Å². The van der Waals surface area contributed by atoms with Gasteiger partial charge in [-0.15, -0.1) is 11.3 Å². The molecule has 0 N–H and O–H groups in total. The third-order valence-corrected chi connectivity index (χ3v) is 3.83. The summed E-state index contributed by atoms with van der Waals surface area (Å²) in [6.45, 7) is 0. The summed E-state index contributed by atoms with van der Waals surface area (Å²) in [5, 5.41) is 3.19. The molecule has 2 nitrogen and oxygen atoms in total. The normalized spacial score (nSPS) is 21.6. The Morgan fingerprint density at radius 3 is 2.69 bits per heavy atom. The van der Waals surface area contributed by atoms with Crippen LogP contribution in [0.2, 0.25) is 0 Å². The van der Waals surface area contributed by atoms with Crippen molar-refractivity contribution < 1.29 is 4.74 Å². The summed E-state index contributed by atoms with van der Waals surface area (Å²) >= 11 is 1.72. The maximum atomic E-state index is 5.67. The van der Waals surface area contributed by atoms with E-state index in [0.717, 1.165) is 17.8 Å². The summed E-state index contributed by atoms with van der Waals surface area (Å²) in [5.41, 5.74) is -0.0492. The van der Waals surface area contributed by atoms with Crippen molar-refractivity contribution in [2.75, 3.05) is 7.11 Å². The van der Waals surface area contributed by atoms with Gasteiger partial charge in [0.2, 0.25) is 0 Å². The zero-order valence-corrected chi connectivity index (χ0v) is 8.77. The van der Waals surface area contributed by atoms with E-state index in [-0.39, 0.29) is 5.60 Å². The number of thiazole rings is 1. The molecule has 13 heavy (non-hydrogen) atoms. The van der Waals surface area contributed by atoms with Gasteiger partial charge in [0.25, 0.3) is 0 Å². The van der Waals surface area contributed by atoms with E-state index in [1.54, 1.807) is 11.3 Å². The summed E-state index contributed by atoms with van der Waals surface area (Å²) < 4.78 is 5.67. The highest BCUT2D eigenvalue weighted by atomic mass is 32.1. The molecule has 0 amide bonds. The summed E-state index contributed by atoms with van der Waals surface area (Å²) in [7, 11) is 1.81. The van der Waals surface area contributed by atoms with Crippen LogP contribution >= 0.6 is 11.3 Å². The van der Waals surface area contributed by atoms with Crippen LogP contribution in [0.25, 0.3) is 0 Å².